The van der Waals surface area contributed by atoms with Crippen LogP contribution in [0.5, 0.6) is 0 Å². The zero-order valence-electron chi connectivity index (χ0n) is 12.3. The molecule has 1 aliphatic carbocycles. The van der Waals surface area contributed by atoms with E-state index >= 15 is 0 Å². The van der Waals surface area contributed by atoms with Crippen molar-refractivity contribution in [3.05, 3.63) is 0 Å². The topological polar surface area (TPSA) is 38.0 Å². The van der Waals surface area contributed by atoms with E-state index in [2.05, 4.69) is 33.0 Å². The van der Waals surface area contributed by atoms with Crippen molar-refractivity contribution < 1.29 is 0 Å². The van der Waals surface area contributed by atoms with E-state index in [-0.39, 0.29) is 0 Å². The fourth-order valence-electron chi connectivity index (χ4n) is 2.95. The smallest absolute Gasteiger partial charge is 0.00508 e. The summed E-state index contributed by atoms with van der Waals surface area (Å²) in [5, 5.41) is 3.63. The molecule has 2 nitrogen and oxygen atoms in total. The summed E-state index contributed by atoms with van der Waals surface area (Å²) in [6.07, 6.45) is 6.74. The third-order valence-electron chi connectivity index (χ3n) is 4.43. The monoisotopic (exact) mass is 240 g/mol. The molecule has 1 aliphatic rings. The van der Waals surface area contributed by atoms with Gasteiger partial charge in [0.1, 0.15) is 0 Å². The summed E-state index contributed by atoms with van der Waals surface area (Å²) in [6, 6.07) is 0.584. The zero-order valence-corrected chi connectivity index (χ0v) is 12.3. The fraction of sp³-hybridized carbons (Fsp3) is 1.00. The molecular formula is C15H32N2. The molecule has 1 unspecified atom stereocenters. The lowest BCUT2D eigenvalue weighted by Crippen LogP contribution is -2.35. The third kappa shape index (κ3) is 5.39. The van der Waals surface area contributed by atoms with Crippen LogP contribution < -0.4 is 11.1 Å². The molecule has 0 saturated heterocycles. The molecule has 0 aliphatic heterocycles. The lowest BCUT2D eigenvalue weighted by atomic mass is 9.70. The Bertz CT molecular complexity index is 199. The molecule has 17 heavy (non-hydrogen) atoms. The highest BCUT2D eigenvalue weighted by Gasteiger charge is 2.29. The second kappa shape index (κ2) is 6.75. The van der Waals surface area contributed by atoms with Crippen molar-refractivity contribution in [2.45, 2.75) is 65.8 Å². The first kappa shape index (κ1) is 15.0. The Labute approximate surface area is 108 Å². The molecule has 2 heteroatoms. The van der Waals surface area contributed by atoms with Crippen molar-refractivity contribution in [3.8, 4) is 0 Å². The molecule has 1 atom stereocenters. The average molecular weight is 240 g/mol. The maximum atomic E-state index is 5.56. The fourth-order valence-corrected chi connectivity index (χ4v) is 2.95. The molecular weight excluding hydrogens is 208 g/mol. The van der Waals surface area contributed by atoms with E-state index < -0.39 is 0 Å². The SMILES string of the molecule is CC(CCN)NCC1CCC(C(C)(C)C)CC1. The highest BCUT2D eigenvalue weighted by Crippen LogP contribution is 2.39. The van der Waals surface area contributed by atoms with Crippen LogP contribution in [0.25, 0.3) is 0 Å². The lowest BCUT2D eigenvalue weighted by molar-refractivity contribution is 0.148. The summed E-state index contributed by atoms with van der Waals surface area (Å²) in [5.41, 5.74) is 6.07. The second-order valence-corrected chi connectivity index (χ2v) is 6.97. The minimum atomic E-state index is 0.505. The van der Waals surface area contributed by atoms with Crippen LogP contribution in [0.1, 0.15) is 59.8 Å². The molecule has 0 aromatic heterocycles. The summed E-state index contributed by atoms with van der Waals surface area (Å²) in [6.45, 7) is 11.4. The van der Waals surface area contributed by atoms with Gasteiger partial charge in [-0.25, -0.2) is 0 Å². The summed E-state index contributed by atoms with van der Waals surface area (Å²) in [5.74, 6) is 1.83. The van der Waals surface area contributed by atoms with Crippen molar-refractivity contribution in [1.29, 1.82) is 0 Å². The lowest BCUT2D eigenvalue weighted by Gasteiger charge is -2.37. The highest BCUT2D eigenvalue weighted by molar-refractivity contribution is 4.81. The second-order valence-electron chi connectivity index (χ2n) is 6.97. The molecule has 1 rings (SSSR count). The number of hydrogen-bond donors (Lipinski definition) is 2. The van der Waals surface area contributed by atoms with Crippen molar-refractivity contribution in [2.24, 2.45) is 23.0 Å². The molecule has 0 aromatic carbocycles. The van der Waals surface area contributed by atoms with E-state index in [9.17, 15) is 0 Å². The Morgan fingerprint density at radius 2 is 1.76 bits per heavy atom. The molecule has 0 bridgehead atoms. The van der Waals surface area contributed by atoms with Gasteiger partial charge in [0, 0.05) is 6.04 Å². The van der Waals surface area contributed by atoms with Crippen molar-refractivity contribution >= 4 is 0 Å². The maximum absolute atomic E-state index is 5.56. The first-order valence-corrected chi connectivity index (χ1v) is 7.37. The molecule has 0 aromatic rings. The number of nitrogens with one attached hydrogen (secondary N) is 1. The predicted molar refractivity (Wildman–Crippen MR) is 76.0 cm³/mol. The Balaban J connectivity index is 2.19. The normalized spacial score (nSPS) is 28.1. The maximum Gasteiger partial charge on any atom is 0.00508 e. The van der Waals surface area contributed by atoms with E-state index in [1.807, 2.05) is 0 Å². The van der Waals surface area contributed by atoms with E-state index in [0.29, 0.717) is 11.5 Å². The van der Waals surface area contributed by atoms with Crippen molar-refractivity contribution in [2.75, 3.05) is 13.1 Å². The summed E-state index contributed by atoms with van der Waals surface area (Å²) >= 11 is 0. The van der Waals surface area contributed by atoms with Crippen molar-refractivity contribution in [3.63, 3.8) is 0 Å². The van der Waals surface area contributed by atoms with E-state index in [0.717, 1.165) is 24.8 Å². The van der Waals surface area contributed by atoms with Crippen molar-refractivity contribution in [1.82, 2.24) is 5.32 Å². The van der Waals surface area contributed by atoms with Gasteiger partial charge in [0.15, 0.2) is 0 Å². The van der Waals surface area contributed by atoms with Crippen LogP contribution in [0.15, 0.2) is 0 Å². The molecule has 1 fully saturated rings. The highest BCUT2D eigenvalue weighted by atomic mass is 14.9. The minimum Gasteiger partial charge on any atom is -0.330 e. The minimum absolute atomic E-state index is 0.505. The molecule has 3 N–H and O–H groups in total. The van der Waals surface area contributed by atoms with Crippen LogP contribution >= 0.6 is 0 Å². The van der Waals surface area contributed by atoms with Gasteiger partial charge in [-0.2, -0.15) is 0 Å². The Morgan fingerprint density at radius 3 is 2.24 bits per heavy atom. The van der Waals surface area contributed by atoms with Gasteiger partial charge in [0.2, 0.25) is 0 Å². The van der Waals surface area contributed by atoms with Gasteiger partial charge in [-0.1, -0.05) is 20.8 Å². The van der Waals surface area contributed by atoms with Gasteiger partial charge in [0.05, 0.1) is 0 Å². The van der Waals surface area contributed by atoms with Crippen LogP contribution in [0.4, 0.5) is 0 Å². The first-order chi connectivity index (χ1) is 7.93. The zero-order chi connectivity index (χ0) is 12.9. The summed E-state index contributed by atoms with van der Waals surface area (Å²) in [4.78, 5) is 0. The van der Waals surface area contributed by atoms with E-state index in [1.54, 1.807) is 0 Å². The van der Waals surface area contributed by atoms with Crippen LogP contribution in [0.2, 0.25) is 0 Å². The molecule has 0 amide bonds. The van der Waals surface area contributed by atoms with Crippen LogP contribution in [-0.4, -0.2) is 19.1 Å². The van der Waals surface area contributed by atoms with E-state index in [1.165, 1.54) is 32.2 Å². The number of nitrogens with two attached hydrogens (primary N) is 1. The first-order valence-electron chi connectivity index (χ1n) is 7.37. The van der Waals surface area contributed by atoms with Gasteiger partial charge < -0.3 is 11.1 Å². The predicted octanol–water partition coefficient (Wildman–Crippen LogP) is 3.17. The largest absolute Gasteiger partial charge is 0.330 e. The molecule has 0 heterocycles. The average Bonchev–Trinajstić information content (AvgIpc) is 2.26. The molecule has 102 valence electrons. The Hall–Kier alpha value is -0.0800. The van der Waals surface area contributed by atoms with Gasteiger partial charge in [0.25, 0.3) is 0 Å². The summed E-state index contributed by atoms with van der Waals surface area (Å²) < 4.78 is 0. The molecule has 1 saturated carbocycles. The summed E-state index contributed by atoms with van der Waals surface area (Å²) in [7, 11) is 0. The number of hydrogen-bond acceptors (Lipinski definition) is 2. The quantitative estimate of drug-likeness (QED) is 0.774. The third-order valence-corrected chi connectivity index (χ3v) is 4.43. The van der Waals surface area contributed by atoms with E-state index in [4.69, 9.17) is 5.73 Å². The van der Waals surface area contributed by atoms with Crippen LogP contribution in [-0.2, 0) is 0 Å². The van der Waals surface area contributed by atoms with Crippen LogP contribution in [0.3, 0.4) is 0 Å². The number of rotatable bonds is 5. The Kier molecular flexibility index (Phi) is 5.94. The van der Waals surface area contributed by atoms with Gasteiger partial charge in [-0.3, -0.25) is 0 Å². The standard InChI is InChI=1S/C15H32N2/c1-12(9-10-16)17-11-13-5-7-14(8-6-13)15(2,3)4/h12-14,17H,5-11,16H2,1-4H3. The van der Waals surface area contributed by atoms with Crippen LogP contribution in [0, 0.1) is 17.3 Å². The van der Waals surface area contributed by atoms with Gasteiger partial charge in [-0.05, 0) is 69.4 Å². The Morgan fingerprint density at radius 1 is 1.18 bits per heavy atom. The van der Waals surface area contributed by atoms with Gasteiger partial charge in [-0.15, -0.1) is 0 Å². The molecule has 0 spiro atoms. The van der Waals surface area contributed by atoms with Gasteiger partial charge >= 0.3 is 0 Å². The molecule has 0 radical (unpaired) electrons.